The fraction of sp³-hybridized carbons (Fsp3) is 0.643. The SMILES string of the molecule is CC1=CC[C@](C)(C(=O)O)CC1C=CC(C)C. The van der Waals surface area contributed by atoms with Crippen LogP contribution in [0, 0.1) is 17.3 Å². The van der Waals surface area contributed by atoms with Crippen molar-refractivity contribution in [1.29, 1.82) is 0 Å². The number of carboxylic acids is 1. The second-order valence-corrected chi connectivity index (χ2v) is 5.46. The lowest BCUT2D eigenvalue weighted by Crippen LogP contribution is -2.32. The third-order valence-electron chi connectivity index (χ3n) is 3.37. The van der Waals surface area contributed by atoms with Gasteiger partial charge in [0.25, 0.3) is 0 Å². The normalized spacial score (nSPS) is 30.8. The molecule has 0 aromatic carbocycles. The minimum atomic E-state index is -0.681. The van der Waals surface area contributed by atoms with Gasteiger partial charge in [-0.15, -0.1) is 0 Å². The minimum Gasteiger partial charge on any atom is -0.481 e. The Morgan fingerprint density at radius 3 is 2.75 bits per heavy atom. The van der Waals surface area contributed by atoms with E-state index in [4.69, 9.17) is 0 Å². The van der Waals surface area contributed by atoms with Crippen molar-refractivity contribution in [1.82, 2.24) is 0 Å². The predicted octanol–water partition coefficient (Wildman–Crippen LogP) is 3.65. The van der Waals surface area contributed by atoms with Gasteiger partial charge in [0.15, 0.2) is 0 Å². The van der Waals surface area contributed by atoms with E-state index in [-0.39, 0.29) is 5.92 Å². The van der Waals surface area contributed by atoms with Crippen LogP contribution in [0.15, 0.2) is 23.8 Å². The van der Waals surface area contributed by atoms with Crippen molar-refractivity contribution in [3.05, 3.63) is 23.8 Å². The summed E-state index contributed by atoms with van der Waals surface area (Å²) >= 11 is 0. The van der Waals surface area contributed by atoms with Crippen molar-refractivity contribution in [3.63, 3.8) is 0 Å². The molecule has 0 radical (unpaired) electrons. The van der Waals surface area contributed by atoms with Gasteiger partial charge in [-0.2, -0.15) is 0 Å². The first kappa shape index (κ1) is 13.0. The van der Waals surface area contributed by atoms with E-state index in [1.54, 1.807) is 0 Å². The summed E-state index contributed by atoms with van der Waals surface area (Å²) in [5.41, 5.74) is 0.710. The Bertz CT molecular complexity index is 326. The van der Waals surface area contributed by atoms with Crippen LogP contribution in [0.3, 0.4) is 0 Å². The van der Waals surface area contributed by atoms with Crippen LogP contribution in [0.5, 0.6) is 0 Å². The highest BCUT2D eigenvalue weighted by atomic mass is 16.4. The molecule has 1 unspecified atom stereocenters. The van der Waals surface area contributed by atoms with Gasteiger partial charge in [0.05, 0.1) is 5.41 Å². The number of hydrogen-bond acceptors (Lipinski definition) is 1. The van der Waals surface area contributed by atoms with Gasteiger partial charge in [-0.3, -0.25) is 4.79 Å². The molecule has 2 atom stereocenters. The van der Waals surface area contributed by atoms with Gasteiger partial charge < -0.3 is 5.11 Å². The number of rotatable bonds is 3. The summed E-state index contributed by atoms with van der Waals surface area (Å²) in [6.45, 7) is 8.20. The summed E-state index contributed by atoms with van der Waals surface area (Å²) in [5, 5.41) is 9.23. The smallest absolute Gasteiger partial charge is 0.309 e. The maximum Gasteiger partial charge on any atom is 0.309 e. The van der Waals surface area contributed by atoms with E-state index in [1.165, 1.54) is 5.57 Å². The van der Waals surface area contributed by atoms with E-state index in [2.05, 4.69) is 39.0 Å². The van der Waals surface area contributed by atoms with Gasteiger partial charge >= 0.3 is 5.97 Å². The Morgan fingerprint density at radius 2 is 2.25 bits per heavy atom. The molecule has 0 amide bonds. The molecule has 0 aromatic rings. The average molecular weight is 222 g/mol. The molecule has 0 saturated heterocycles. The third kappa shape index (κ3) is 2.97. The molecule has 1 aliphatic carbocycles. The first-order chi connectivity index (χ1) is 7.35. The topological polar surface area (TPSA) is 37.3 Å². The van der Waals surface area contributed by atoms with Crippen LogP contribution < -0.4 is 0 Å². The van der Waals surface area contributed by atoms with Crippen LogP contribution in [0.25, 0.3) is 0 Å². The largest absolute Gasteiger partial charge is 0.481 e. The fourth-order valence-electron chi connectivity index (χ4n) is 2.02. The first-order valence-electron chi connectivity index (χ1n) is 5.93. The summed E-state index contributed by atoms with van der Waals surface area (Å²) in [7, 11) is 0. The molecule has 2 nitrogen and oxygen atoms in total. The summed E-state index contributed by atoms with van der Waals surface area (Å²) in [6, 6.07) is 0. The van der Waals surface area contributed by atoms with Gasteiger partial charge in [-0.25, -0.2) is 0 Å². The Labute approximate surface area is 98.1 Å². The zero-order chi connectivity index (χ0) is 12.3. The van der Waals surface area contributed by atoms with Crippen molar-refractivity contribution in [3.8, 4) is 0 Å². The number of allylic oxidation sites excluding steroid dienone is 4. The predicted molar refractivity (Wildman–Crippen MR) is 66.2 cm³/mol. The Morgan fingerprint density at radius 1 is 1.62 bits per heavy atom. The van der Waals surface area contributed by atoms with Crippen molar-refractivity contribution >= 4 is 5.97 Å². The lowest BCUT2D eigenvalue weighted by molar-refractivity contribution is -0.148. The highest BCUT2D eigenvalue weighted by Gasteiger charge is 2.37. The van der Waals surface area contributed by atoms with Crippen LogP contribution in [-0.2, 0) is 4.79 Å². The maximum absolute atomic E-state index is 11.2. The average Bonchev–Trinajstić information content (AvgIpc) is 2.19. The third-order valence-corrected chi connectivity index (χ3v) is 3.37. The molecular weight excluding hydrogens is 200 g/mol. The summed E-state index contributed by atoms with van der Waals surface area (Å²) in [4.78, 5) is 11.2. The van der Waals surface area contributed by atoms with Gasteiger partial charge in [0.2, 0.25) is 0 Å². The monoisotopic (exact) mass is 222 g/mol. The standard InChI is InChI=1S/C14H22O2/c1-10(2)5-6-12-9-14(4,13(15)16)8-7-11(12)3/h5-7,10,12H,8-9H2,1-4H3,(H,15,16)/t12?,14-/m0/s1. The number of carboxylic acid groups (broad SMARTS) is 1. The summed E-state index contributed by atoms with van der Waals surface area (Å²) in [5.74, 6) is 0.127. The minimum absolute atomic E-state index is 0.289. The number of carbonyl (C=O) groups is 1. The molecule has 2 heteroatoms. The Hall–Kier alpha value is -1.05. The van der Waals surface area contributed by atoms with Gasteiger partial charge in [-0.1, -0.05) is 37.6 Å². The number of aliphatic carboxylic acids is 1. The zero-order valence-electron chi connectivity index (χ0n) is 10.7. The van der Waals surface area contributed by atoms with E-state index < -0.39 is 11.4 Å². The maximum atomic E-state index is 11.2. The highest BCUT2D eigenvalue weighted by molar-refractivity contribution is 5.74. The van der Waals surface area contributed by atoms with Crippen molar-refractivity contribution < 1.29 is 9.90 Å². The molecule has 0 aromatic heterocycles. The molecule has 0 spiro atoms. The first-order valence-corrected chi connectivity index (χ1v) is 5.93. The summed E-state index contributed by atoms with van der Waals surface area (Å²) < 4.78 is 0. The van der Waals surface area contributed by atoms with Crippen LogP contribution in [0.1, 0.15) is 40.5 Å². The Balaban J connectivity index is 2.83. The van der Waals surface area contributed by atoms with Gasteiger partial charge in [0, 0.05) is 0 Å². The van der Waals surface area contributed by atoms with Gasteiger partial charge in [-0.05, 0) is 38.5 Å². The quantitative estimate of drug-likeness (QED) is 0.740. The molecule has 0 heterocycles. The van der Waals surface area contributed by atoms with E-state index >= 15 is 0 Å². The second kappa shape index (κ2) is 4.86. The van der Waals surface area contributed by atoms with E-state index in [9.17, 15) is 9.90 Å². The molecule has 0 aliphatic heterocycles. The molecular formula is C14H22O2. The molecule has 0 fully saturated rings. The zero-order valence-corrected chi connectivity index (χ0v) is 10.7. The molecule has 16 heavy (non-hydrogen) atoms. The van der Waals surface area contributed by atoms with Crippen LogP contribution in [-0.4, -0.2) is 11.1 Å². The van der Waals surface area contributed by atoms with Crippen LogP contribution >= 0.6 is 0 Å². The summed E-state index contributed by atoms with van der Waals surface area (Å²) in [6.07, 6.45) is 7.77. The molecule has 90 valence electrons. The van der Waals surface area contributed by atoms with E-state index in [1.807, 2.05) is 6.92 Å². The lowest BCUT2D eigenvalue weighted by atomic mass is 9.71. The Kier molecular flexibility index (Phi) is 3.95. The fourth-order valence-corrected chi connectivity index (χ4v) is 2.02. The lowest BCUT2D eigenvalue weighted by Gasteiger charge is -2.32. The molecule has 1 N–H and O–H groups in total. The van der Waals surface area contributed by atoms with E-state index in [0.29, 0.717) is 18.8 Å². The van der Waals surface area contributed by atoms with Gasteiger partial charge in [0.1, 0.15) is 0 Å². The molecule has 0 saturated carbocycles. The molecule has 1 aliphatic rings. The van der Waals surface area contributed by atoms with Crippen LogP contribution in [0.2, 0.25) is 0 Å². The number of hydrogen-bond donors (Lipinski definition) is 1. The van der Waals surface area contributed by atoms with Crippen molar-refractivity contribution in [2.24, 2.45) is 17.3 Å². The second-order valence-electron chi connectivity index (χ2n) is 5.46. The molecule has 0 bridgehead atoms. The van der Waals surface area contributed by atoms with E-state index in [0.717, 1.165) is 0 Å². The highest BCUT2D eigenvalue weighted by Crippen LogP contribution is 2.39. The van der Waals surface area contributed by atoms with Crippen molar-refractivity contribution in [2.75, 3.05) is 0 Å². The molecule has 1 rings (SSSR count). The van der Waals surface area contributed by atoms with Crippen LogP contribution in [0.4, 0.5) is 0 Å². The van der Waals surface area contributed by atoms with Crippen molar-refractivity contribution in [2.45, 2.75) is 40.5 Å².